The molecule has 0 aliphatic carbocycles. The van der Waals surface area contributed by atoms with E-state index in [2.05, 4.69) is 21.0 Å². The predicted octanol–water partition coefficient (Wildman–Crippen LogP) is -0.634. The Morgan fingerprint density at radius 3 is 2.09 bits per heavy atom. The van der Waals surface area contributed by atoms with E-state index < -0.39 is 0 Å². The van der Waals surface area contributed by atoms with Crippen molar-refractivity contribution >= 4 is 11.8 Å². The van der Waals surface area contributed by atoms with Crippen LogP contribution in [0.2, 0.25) is 0 Å². The van der Waals surface area contributed by atoms with Gasteiger partial charge in [-0.25, -0.2) is 0 Å². The van der Waals surface area contributed by atoms with Crippen LogP contribution in [-0.2, 0) is 9.59 Å². The lowest BCUT2D eigenvalue weighted by atomic mass is 10.1. The molecule has 0 aromatic heterocycles. The maximum Gasteiger partial charge on any atom is 0.236 e. The first-order valence-electron chi connectivity index (χ1n) is 8.11. The van der Waals surface area contributed by atoms with Crippen LogP contribution in [0, 0.1) is 12.3 Å². The van der Waals surface area contributed by atoms with E-state index in [0.29, 0.717) is 13.1 Å². The van der Waals surface area contributed by atoms with Gasteiger partial charge in [0.05, 0.1) is 19.6 Å². The third-order valence-corrected chi connectivity index (χ3v) is 4.29. The van der Waals surface area contributed by atoms with E-state index in [-0.39, 0.29) is 18.4 Å². The van der Waals surface area contributed by atoms with Gasteiger partial charge in [-0.2, -0.15) is 0 Å². The van der Waals surface area contributed by atoms with E-state index in [4.69, 9.17) is 6.42 Å². The lowest BCUT2D eigenvalue weighted by molar-refractivity contribution is -0.134. The molecule has 1 N–H and O–H groups in total. The molecule has 0 aromatic carbocycles. The van der Waals surface area contributed by atoms with Crippen LogP contribution in [0.15, 0.2) is 0 Å². The summed E-state index contributed by atoms with van der Waals surface area (Å²) in [5, 5.41) is 2.67. The van der Waals surface area contributed by atoms with Crippen molar-refractivity contribution in [3.05, 3.63) is 0 Å². The number of piperidine rings is 1. The maximum absolute atomic E-state index is 12.2. The highest BCUT2D eigenvalue weighted by Gasteiger charge is 2.23. The molecule has 122 valence electrons. The standard InChI is InChI=1S/C16H26N4O2/c1-2-6-17-15(21)13-18-9-11-19(12-10-18)14-16(22)20-7-4-3-5-8-20/h1H,3-14H2,(H,17,21). The van der Waals surface area contributed by atoms with Crippen molar-refractivity contribution in [1.29, 1.82) is 0 Å². The summed E-state index contributed by atoms with van der Waals surface area (Å²) in [6, 6.07) is 0. The molecule has 6 nitrogen and oxygen atoms in total. The monoisotopic (exact) mass is 306 g/mol. The second-order valence-corrected chi connectivity index (χ2v) is 5.97. The first-order chi connectivity index (χ1) is 10.7. The van der Waals surface area contributed by atoms with Crippen molar-refractivity contribution in [1.82, 2.24) is 20.0 Å². The predicted molar refractivity (Wildman–Crippen MR) is 85.2 cm³/mol. The van der Waals surface area contributed by atoms with Crippen LogP contribution in [0.3, 0.4) is 0 Å². The van der Waals surface area contributed by atoms with Crippen LogP contribution in [0.25, 0.3) is 0 Å². The fourth-order valence-electron chi connectivity index (χ4n) is 2.95. The summed E-state index contributed by atoms with van der Waals surface area (Å²) in [6.07, 6.45) is 8.62. The molecule has 0 saturated carbocycles. The van der Waals surface area contributed by atoms with Gasteiger partial charge in [-0.05, 0) is 19.3 Å². The number of hydrogen-bond acceptors (Lipinski definition) is 4. The van der Waals surface area contributed by atoms with Crippen LogP contribution in [-0.4, -0.2) is 85.4 Å². The van der Waals surface area contributed by atoms with E-state index in [1.165, 1.54) is 6.42 Å². The van der Waals surface area contributed by atoms with E-state index in [0.717, 1.165) is 52.1 Å². The number of amides is 2. The highest BCUT2D eigenvalue weighted by Crippen LogP contribution is 2.10. The van der Waals surface area contributed by atoms with Gasteiger partial charge >= 0.3 is 0 Å². The first-order valence-corrected chi connectivity index (χ1v) is 8.11. The zero-order chi connectivity index (χ0) is 15.8. The molecule has 2 heterocycles. The van der Waals surface area contributed by atoms with Crippen molar-refractivity contribution in [2.45, 2.75) is 19.3 Å². The Morgan fingerprint density at radius 2 is 1.50 bits per heavy atom. The average molecular weight is 306 g/mol. The van der Waals surface area contributed by atoms with Crippen LogP contribution in [0.1, 0.15) is 19.3 Å². The summed E-state index contributed by atoms with van der Waals surface area (Å²) in [5.41, 5.74) is 0. The number of nitrogens with one attached hydrogen (secondary N) is 1. The van der Waals surface area contributed by atoms with Gasteiger partial charge in [0.1, 0.15) is 0 Å². The van der Waals surface area contributed by atoms with E-state index in [1.807, 2.05) is 4.90 Å². The van der Waals surface area contributed by atoms with Gasteiger partial charge in [0, 0.05) is 39.3 Å². The molecular weight excluding hydrogens is 280 g/mol. The number of hydrogen-bond donors (Lipinski definition) is 1. The largest absolute Gasteiger partial charge is 0.344 e. The highest BCUT2D eigenvalue weighted by atomic mass is 16.2. The molecule has 2 fully saturated rings. The zero-order valence-corrected chi connectivity index (χ0v) is 13.2. The lowest BCUT2D eigenvalue weighted by Gasteiger charge is -2.35. The Kier molecular flexibility index (Phi) is 6.69. The summed E-state index contributed by atoms with van der Waals surface area (Å²) in [6.45, 7) is 6.30. The smallest absolute Gasteiger partial charge is 0.236 e. The molecule has 2 amide bonds. The molecule has 0 spiro atoms. The molecule has 2 saturated heterocycles. The van der Waals surface area contributed by atoms with Gasteiger partial charge in [-0.15, -0.1) is 6.42 Å². The quantitative estimate of drug-likeness (QED) is 0.687. The van der Waals surface area contributed by atoms with Crippen LogP contribution < -0.4 is 5.32 Å². The Morgan fingerprint density at radius 1 is 0.909 bits per heavy atom. The first kappa shape index (κ1) is 16.8. The minimum absolute atomic E-state index is 0.0317. The number of nitrogens with zero attached hydrogens (tertiary/aromatic N) is 3. The number of carbonyl (C=O) groups is 2. The fraction of sp³-hybridized carbons (Fsp3) is 0.750. The summed E-state index contributed by atoms with van der Waals surface area (Å²) in [4.78, 5) is 30.1. The average Bonchev–Trinajstić information content (AvgIpc) is 2.55. The lowest BCUT2D eigenvalue weighted by Crippen LogP contribution is -2.52. The summed E-state index contributed by atoms with van der Waals surface area (Å²) in [5.74, 6) is 2.61. The van der Waals surface area contributed by atoms with E-state index >= 15 is 0 Å². The number of piperazine rings is 1. The van der Waals surface area contributed by atoms with Gasteiger partial charge in [-0.1, -0.05) is 5.92 Å². The molecule has 2 aliphatic rings. The molecular formula is C16H26N4O2. The van der Waals surface area contributed by atoms with Crippen molar-refractivity contribution < 1.29 is 9.59 Å². The molecule has 22 heavy (non-hydrogen) atoms. The van der Waals surface area contributed by atoms with Crippen molar-refractivity contribution in [3.8, 4) is 12.3 Å². The van der Waals surface area contributed by atoms with Gasteiger partial charge in [0.25, 0.3) is 0 Å². The van der Waals surface area contributed by atoms with Gasteiger partial charge in [-0.3, -0.25) is 19.4 Å². The number of carbonyl (C=O) groups excluding carboxylic acids is 2. The van der Waals surface area contributed by atoms with E-state index in [9.17, 15) is 9.59 Å². The highest BCUT2D eigenvalue weighted by molar-refractivity contribution is 5.79. The SMILES string of the molecule is C#CCNC(=O)CN1CCN(CC(=O)N2CCCCC2)CC1. The zero-order valence-electron chi connectivity index (χ0n) is 13.2. The molecule has 0 unspecified atom stereocenters. The molecule has 0 aromatic rings. The van der Waals surface area contributed by atoms with Crippen molar-refractivity contribution in [2.75, 3.05) is 58.9 Å². The van der Waals surface area contributed by atoms with Crippen LogP contribution >= 0.6 is 0 Å². The third kappa shape index (κ3) is 5.32. The fourth-order valence-corrected chi connectivity index (χ4v) is 2.95. The second-order valence-electron chi connectivity index (χ2n) is 5.97. The molecule has 6 heteroatoms. The summed E-state index contributed by atoms with van der Waals surface area (Å²) in [7, 11) is 0. The van der Waals surface area contributed by atoms with Crippen molar-refractivity contribution in [2.24, 2.45) is 0 Å². The molecule has 2 rings (SSSR count). The van der Waals surface area contributed by atoms with Crippen LogP contribution in [0.4, 0.5) is 0 Å². The van der Waals surface area contributed by atoms with Crippen molar-refractivity contribution in [3.63, 3.8) is 0 Å². The third-order valence-electron chi connectivity index (χ3n) is 4.29. The number of likely N-dealkylation sites (tertiary alicyclic amines) is 1. The minimum Gasteiger partial charge on any atom is -0.344 e. The van der Waals surface area contributed by atoms with E-state index in [1.54, 1.807) is 0 Å². The van der Waals surface area contributed by atoms with Gasteiger partial charge in [0.15, 0.2) is 0 Å². The topological polar surface area (TPSA) is 55.9 Å². The summed E-state index contributed by atoms with van der Waals surface area (Å²) >= 11 is 0. The molecule has 0 radical (unpaired) electrons. The number of rotatable bonds is 5. The Balaban J connectivity index is 1.65. The van der Waals surface area contributed by atoms with Gasteiger partial charge < -0.3 is 10.2 Å². The Labute approximate surface area is 132 Å². The summed E-state index contributed by atoms with van der Waals surface area (Å²) < 4.78 is 0. The number of terminal acetylenes is 1. The van der Waals surface area contributed by atoms with Crippen LogP contribution in [0.5, 0.6) is 0 Å². The molecule has 2 aliphatic heterocycles. The second kappa shape index (κ2) is 8.76. The molecule has 0 bridgehead atoms. The Hall–Kier alpha value is -1.58. The minimum atomic E-state index is -0.0317. The molecule has 0 atom stereocenters. The van der Waals surface area contributed by atoms with Gasteiger partial charge in [0.2, 0.25) is 11.8 Å². The Bertz CT molecular complexity index is 418. The maximum atomic E-state index is 12.2. The normalized spacial score (nSPS) is 20.4.